The lowest BCUT2D eigenvalue weighted by atomic mass is 10.0. The number of ether oxygens (including phenoxy) is 2. The van der Waals surface area contributed by atoms with Gasteiger partial charge in [-0.2, -0.15) is 0 Å². The highest BCUT2D eigenvalue weighted by molar-refractivity contribution is 5.79. The first-order valence-electron chi connectivity index (χ1n) is 9.75. The number of hydrogen-bond donors (Lipinski definition) is 2. The summed E-state index contributed by atoms with van der Waals surface area (Å²) in [6, 6.07) is 5.90. The molecule has 1 fully saturated rings. The van der Waals surface area contributed by atoms with E-state index in [1.165, 1.54) is 0 Å². The summed E-state index contributed by atoms with van der Waals surface area (Å²) in [7, 11) is 1.78. The normalized spacial score (nSPS) is 16.0. The molecule has 3 rings (SSSR count). The van der Waals surface area contributed by atoms with Gasteiger partial charge in [0.2, 0.25) is 0 Å². The van der Waals surface area contributed by atoms with Crippen LogP contribution in [0.1, 0.15) is 25.1 Å². The van der Waals surface area contributed by atoms with Gasteiger partial charge in [-0.1, -0.05) is 6.07 Å². The molecule has 2 N–H and O–H groups in total. The van der Waals surface area contributed by atoms with Crippen molar-refractivity contribution >= 4 is 11.6 Å². The Morgan fingerprint density at radius 3 is 2.96 bits per heavy atom. The highest BCUT2D eigenvalue weighted by Gasteiger charge is 2.13. The third kappa shape index (κ3) is 6.18. The molecule has 8 heteroatoms. The van der Waals surface area contributed by atoms with Crippen LogP contribution in [0.15, 0.2) is 29.4 Å². The van der Waals surface area contributed by atoms with E-state index < -0.39 is 0 Å². The highest BCUT2D eigenvalue weighted by atomic mass is 16.5. The maximum absolute atomic E-state index is 5.79. The smallest absolute Gasteiger partial charge is 0.190 e. The van der Waals surface area contributed by atoms with Crippen LogP contribution in [0.2, 0.25) is 0 Å². The lowest BCUT2D eigenvalue weighted by Gasteiger charge is -2.21. The van der Waals surface area contributed by atoms with E-state index in [0.717, 1.165) is 82.6 Å². The van der Waals surface area contributed by atoms with E-state index in [9.17, 15) is 0 Å². The number of guanidine groups is 1. The Kier molecular flexibility index (Phi) is 7.85. The molecule has 3 heterocycles. The van der Waals surface area contributed by atoms with Crippen molar-refractivity contribution in [2.75, 3.05) is 46.6 Å². The molecule has 0 aliphatic carbocycles. The minimum absolute atomic E-state index is 0.661. The second-order valence-corrected chi connectivity index (χ2v) is 6.71. The maximum atomic E-state index is 5.79. The molecule has 2 aromatic rings. The van der Waals surface area contributed by atoms with Crippen LogP contribution in [0, 0.1) is 5.92 Å². The van der Waals surface area contributed by atoms with E-state index in [2.05, 4.69) is 25.8 Å². The van der Waals surface area contributed by atoms with Gasteiger partial charge in [0.25, 0.3) is 0 Å². The molecule has 1 aliphatic rings. The lowest BCUT2D eigenvalue weighted by molar-refractivity contribution is 0.0203. The van der Waals surface area contributed by atoms with Crippen molar-refractivity contribution in [3.8, 4) is 0 Å². The van der Waals surface area contributed by atoms with Crippen LogP contribution >= 0.6 is 0 Å². The number of aromatic nitrogens is 3. The summed E-state index contributed by atoms with van der Waals surface area (Å²) in [5.41, 5.74) is 0.871. The molecule has 2 aromatic heterocycles. The van der Waals surface area contributed by atoms with Gasteiger partial charge in [-0.05, 0) is 37.3 Å². The van der Waals surface area contributed by atoms with Gasteiger partial charge < -0.3 is 20.1 Å². The van der Waals surface area contributed by atoms with Crippen LogP contribution in [-0.2, 0) is 15.9 Å². The Morgan fingerprint density at radius 2 is 2.11 bits per heavy atom. The number of hydrogen-bond acceptors (Lipinski definition) is 5. The predicted octanol–water partition coefficient (Wildman–Crippen LogP) is 1.27. The van der Waals surface area contributed by atoms with Crippen LogP contribution < -0.4 is 10.6 Å². The predicted molar refractivity (Wildman–Crippen MR) is 105 cm³/mol. The van der Waals surface area contributed by atoms with Crippen LogP contribution in [0.4, 0.5) is 0 Å². The van der Waals surface area contributed by atoms with Gasteiger partial charge in [-0.15, -0.1) is 10.2 Å². The van der Waals surface area contributed by atoms with Gasteiger partial charge in [0.1, 0.15) is 5.82 Å². The number of rotatable bonds is 9. The molecule has 0 amide bonds. The number of pyridine rings is 1. The molecular weight excluding hydrogens is 344 g/mol. The van der Waals surface area contributed by atoms with Crippen molar-refractivity contribution in [2.24, 2.45) is 10.9 Å². The third-order valence-corrected chi connectivity index (χ3v) is 4.70. The number of fused-ring (bicyclic) bond motifs is 1. The molecule has 0 atom stereocenters. The Hall–Kier alpha value is -2.19. The molecule has 0 spiro atoms. The fraction of sp³-hybridized carbons (Fsp3) is 0.632. The van der Waals surface area contributed by atoms with Crippen LogP contribution in [0.3, 0.4) is 0 Å². The van der Waals surface area contributed by atoms with E-state index in [1.807, 2.05) is 28.8 Å². The molecule has 0 radical (unpaired) electrons. The van der Waals surface area contributed by atoms with Gasteiger partial charge in [-0.3, -0.25) is 9.39 Å². The summed E-state index contributed by atoms with van der Waals surface area (Å²) >= 11 is 0. The van der Waals surface area contributed by atoms with Gasteiger partial charge in [-0.25, -0.2) is 0 Å². The molecule has 0 bridgehead atoms. The first kappa shape index (κ1) is 19.6. The Bertz CT molecular complexity index is 711. The van der Waals surface area contributed by atoms with Crippen LogP contribution in [-0.4, -0.2) is 67.1 Å². The Morgan fingerprint density at radius 1 is 1.26 bits per heavy atom. The molecule has 27 heavy (non-hydrogen) atoms. The second-order valence-electron chi connectivity index (χ2n) is 6.71. The van der Waals surface area contributed by atoms with E-state index in [4.69, 9.17) is 9.47 Å². The molecule has 0 saturated carbocycles. The quantitative estimate of drug-likeness (QED) is 0.391. The van der Waals surface area contributed by atoms with Crippen molar-refractivity contribution in [3.05, 3.63) is 30.2 Å². The monoisotopic (exact) mass is 374 g/mol. The second kappa shape index (κ2) is 10.8. The molecule has 0 unspecified atom stereocenters. The summed E-state index contributed by atoms with van der Waals surface area (Å²) < 4.78 is 13.2. The van der Waals surface area contributed by atoms with Crippen molar-refractivity contribution in [2.45, 2.75) is 25.7 Å². The van der Waals surface area contributed by atoms with Crippen molar-refractivity contribution in [3.63, 3.8) is 0 Å². The average Bonchev–Trinajstić information content (AvgIpc) is 3.13. The van der Waals surface area contributed by atoms with E-state index in [-0.39, 0.29) is 0 Å². The molecule has 1 aliphatic heterocycles. The summed E-state index contributed by atoms with van der Waals surface area (Å²) in [5, 5.41) is 15.0. The molecule has 1 saturated heterocycles. The summed E-state index contributed by atoms with van der Waals surface area (Å²) in [4.78, 5) is 4.26. The van der Waals surface area contributed by atoms with Gasteiger partial charge in [0.05, 0.1) is 0 Å². The zero-order valence-corrected chi connectivity index (χ0v) is 16.1. The lowest BCUT2D eigenvalue weighted by Crippen LogP contribution is -2.39. The van der Waals surface area contributed by atoms with E-state index in [0.29, 0.717) is 5.92 Å². The number of nitrogens with one attached hydrogen (secondary N) is 2. The summed E-state index contributed by atoms with van der Waals surface area (Å²) in [6.07, 6.45) is 5.96. The van der Waals surface area contributed by atoms with Gasteiger partial charge >= 0.3 is 0 Å². The Balaban J connectivity index is 1.27. The largest absolute Gasteiger partial charge is 0.381 e. The fourth-order valence-corrected chi connectivity index (χ4v) is 3.12. The summed E-state index contributed by atoms with van der Waals surface area (Å²) in [6.45, 7) is 4.96. The zero-order valence-electron chi connectivity index (χ0n) is 16.1. The van der Waals surface area contributed by atoms with Crippen molar-refractivity contribution in [1.82, 2.24) is 25.2 Å². The SMILES string of the molecule is CN=C(NCCCOCC1CCOCC1)NCCc1nnc2ccccn12. The average molecular weight is 374 g/mol. The molecule has 148 valence electrons. The fourth-order valence-electron chi connectivity index (χ4n) is 3.12. The highest BCUT2D eigenvalue weighted by Crippen LogP contribution is 2.14. The number of aliphatic imine (C=N–C) groups is 1. The topological polar surface area (TPSA) is 85.1 Å². The van der Waals surface area contributed by atoms with Crippen LogP contribution in [0.25, 0.3) is 5.65 Å². The first-order chi connectivity index (χ1) is 13.4. The molecular formula is C19H30N6O2. The maximum Gasteiger partial charge on any atom is 0.190 e. The van der Waals surface area contributed by atoms with Gasteiger partial charge in [0, 0.05) is 59.2 Å². The molecule has 0 aromatic carbocycles. The first-order valence-corrected chi connectivity index (χ1v) is 9.75. The van der Waals surface area contributed by atoms with Gasteiger partial charge in [0.15, 0.2) is 11.6 Å². The number of nitrogens with zero attached hydrogens (tertiary/aromatic N) is 4. The van der Waals surface area contributed by atoms with Crippen molar-refractivity contribution < 1.29 is 9.47 Å². The van der Waals surface area contributed by atoms with E-state index >= 15 is 0 Å². The third-order valence-electron chi connectivity index (χ3n) is 4.70. The summed E-state index contributed by atoms with van der Waals surface area (Å²) in [5.74, 6) is 2.40. The minimum Gasteiger partial charge on any atom is -0.381 e. The van der Waals surface area contributed by atoms with Crippen molar-refractivity contribution in [1.29, 1.82) is 0 Å². The van der Waals surface area contributed by atoms with Crippen LogP contribution in [0.5, 0.6) is 0 Å². The zero-order chi connectivity index (χ0) is 18.7. The Labute approximate surface area is 160 Å². The standard InChI is InChI=1S/C19H30N6O2/c1-20-19(21-9-4-12-27-15-16-7-13-26-14-8-16)22-10-6-18-24-23-17-5-2-3-11-25(17)18/h2-3,5,11,16H,4,6-10,12-15H2,1H3,(H2,20,21,22). The minimum atomic E-state index is 0.661. The van der Waals surface area contributed by atoms with E-state index in [1.54, 1.807) is 7.05 Å². The molecule has 8 nitrogen and oxygen atoms in total.